The minimum atomic E-state index is -0.527. The Labute approximate surface area is 155 Å². The Hall–Kier alpha value is -2.81. The highest BCUT2D eigenvalue weighted by Crippen LogP contribution is 2.34. The average molecular weight is 344 g/mol. The van der Waals surface area contributed by atoms with Gasteiger partial charge in [-0.05, 0) is 68.0 Å². The maximum atomic E-state index is 12.4. The van der Waals surface area contributed by atoms with Crippen LogP contribution in [0.5, 0.6) is 0 Å². The van der Waals surface area contributed by atoms with Gasteiger partial charge in [0, 0.05) is 23.8 Å². The van der Waals surface area contributed by atoms with E-state index in [1.54, 1.807) is 12.4 Å². The van der Waals surface area contributed by atoms with Crippen molar-refractivity contribution >= 4 is 6.29 Å². The van der Waals surface area contributed by atoms with Crippen LogP contribution in [0.25, 0.3) is 0 Å². The molecule has 132 valence electrons. The largest absolute Gasteiger partial charge is 0.302 e. The summed E-state index contributed by atoms with van der Waals surface area (Å²) in [5, 5.41) is 0. The lowest BCUT2D eigenvalue weighted by Gasteiger charge is -2.30. The molecule has 0 aliphatic rings. The van der Waals surface area contributed by atoms with Gasteiger partial charge in [-0.2, -0.15) is 0 Å². The second-order valence-corrected chi connectivity index (χ2v) is 6.73. The number of aryl methyl sites for hydroxylation is 3. The van der Waals surface area contributed by atoms with Crippen molar-refractivity contribution < 1.29 is 4.79 Å². The third kappa shape index (κ3) is 4.23. The first-order valence-electron chi connectivity index (χ1n) is 9.06. The highest BCUT2D eigenvalue weighted by molar-refractivity contribution is 5.69. The number of aromatic nitrogens is 2. The molecule has 0 saturated heterocycles. The molecular weight excluding hydrogens is 320 g/mol. The summed E-state index contributed by atoms with van der Waals surface area (Å²) >= 11 is 0. The van der Waals surface area contributed by atoms with Gasteiger partial charge in [0.2, 0.25) is 0 Å². The van der Waals surface area contributed by atoms with Gasteiger partial charge in [0.05, 0.1) is 5.41 Å². The van der Waals surface area contributed by atoms with Crippen molar-refractivity contribution in [3.05, 3.63) is 95.6 Å². The first-order valence-corrected chi connectivity index (χ1v) is 9.06. The Morgan fingerprint density at radius 2 is 1.35 bits per heavy atom. The van der Waals surface area contributed by atoms with E-state index < -0.39 is 5.41 Å². The minimum Gasteiger partial charge on any atom is -0.302 e. The summed E-state index contributed by atoms with van der Waals surface area (Å²) in [6, 6.07) is 20.1. The van der Waals surface area contributed by atoms with Crippen molar-refractivity contribution in [3.8, 4) is 0 Å². The van der Waals surface area contributed by atoms with Crippen LogP contribution in [0.2, 0.25) is 0 Å². The number of hydrogen-bond acceptors (Lipinski definition) is 3. The predicted octanol–water partition coefficient (Wildman–Crippen LogP) is 4.49. The first-order chi connectivity index (χ1) is 12.7. The van der Waals surface area contributed by atoms with Gasteiger partial charge < -0.3 is 4.79 Å². The third-order valence-corrected chi connectivity index (χ3v) is 5.01. The number of pyridine rings is 2. The maximum Gasteiger partial charge on any atom is 0.130 e. The summed E-state index contributed by atoms with van der Waals surface area (Å²) in [6.07, 6.45) is 7.78. The zero-order chi connectivity index (χ0) is 18.2. The Kier molecular flexibility index (Phi) is 5.90. The Balaban J connectivity index is 1.88. The lowest BCUT2D eigenvalue weighted by atomic mass is 9.72. The highest BCUT2D eigenvalue weighted by Gasteiger charge is 2.33. The summed E-state index contributed by atoms with van der Waals surface area (Å²) in [5.74, 6) is 0. The van der Waals surface area contributed by atoms with Crippen molar-refractivity contribution in [2.45, 2.75) is 38.0 Å². The SMILES string of the molecule is Cc1ccccc1C(C=O)(CCc1ccccn1)CCc1ccccn1. The molecule has 0 spiro atoms. The molecule has 1 aromatic carbocycles. The van der Waals surface area contributed by atoms with E-state index in [0.29, 0.717) is 0 Å². The van der Waals surface area contributed by atoms with Crippen LogP contribution in [-0.2, 0) is 23.1 Å². The lowest BCUT2D eigenvalue weighted by molar-refractivity contribution is -0.113. The fourth-order valence-electron chi connectivity index (χ4n) is 3.50. The standard InChI is InChI=1S/C23H24N2O/c1-19-8-2-3-11-22(19)23(18-26,14-12-20-9-4-6-16-24-20)15-13-21-10-5-7-17-25-21/h2-11,16-18H,12-15H2,1H3. The summed E-state index contributed by atoms with van der Waals surface area (Å²) in [6.45, 7) is 2.08. The number of aldehydes is 1. The third-order valence-electron chi connectivity index (χ3n) is 5.01. The van der Waals surface area contributed by atoms with Gasteiger partial charge in [-0.25, -0.2) is 0 Å². The van der Waals surface area contributed by atoms with E-state index in [-0.39, 0.29) is 0 Å². The van der Waals surface area contributed by atoms with Crippen molar-refractivity contribution in [3.63, 3.8) is 0 Å². The molecular formula is C23H24N2O. The molecule has 2 aromatic heterocycles. The van der Waals surface area contributed by atoms with E-state index in [2.05, 4.69) is 29.0 Å². The Morgan fingerprint density at radius 3 is 1.81 bits per heavy atom. The van der Waals surface area contributed by atoms with Crippen molar-refractivity contribution in [2.75, 3.05) is 0 Å². The van der Waals surface area contributed by atoms with E-state index in [4.69, 9.17) is 0 Å². The topological polar surface area (TPSA) is 42.9 Å². The van der Waals surface area contributed by atoms with Crippen molar-refractivity contribution in [2.24, 2.45) is 0 Å². The van der Waals surface area contributed by atoms with E-state index in [9.17, 15) is 4.79 Å². The van der Waals surface area contributed by atoms with Crippen LogP contribution >= 0.6 is 0 Å². The van der Waals surface area contributed by atoms with Gasteiger partial charge in [0.15, 0.2) is 0 Å². The molecule has 0 amide bonds. The number of nitrogens with zero attached hydrogens (tertiary/aromatic N) is 2. The van der Waals surface area contributed by atoms with Crippen LogP contribution in [0.4, 0.5) is 0 Å². The summed E-state index contributed by atoms with van der Waals surface area (Å²) in [5.41, 5.74) is 3.78. The number of hydrogen-bond donors (Lipinski definition) is 0. The predicted molar refractivity (Wildman–Crippen MR) is 104 cm³/mol. The Morgan fingerprint density at radius 1 is 0.808 bits per heavy atom. The molecule has 0 aliphatic heterocycles. The molecule has 3 nitrogen and oxygen atoms in total. The smallest absolute Gasteiger partial charge is 0.130 e. The minimum absolute atomic E-state index is 0.527. The second kappa shape index (κ2) is 8.52. The monoisotopic (exact) mass is 344 g/mol. The van der Waals surface area contributed by atoms with Gasteiger partial charge in [0.25, 0.3) is 0 Å². The molecule has 0 saturated carbocycles. The zero-order valence-electron chi connectivity index (χ0n) is 15.1. The van der Waals surface area contributed by atoms with Gasteiger partial charge in [-0.3, -0.25) is 9.97 Å². The van der Waals surface area contributed by atoms with Gasteiger partial charge in [0.1, 0.15) is 6.29 Å². The lowest BCUT2D eigenvalue weighted by Crippen LogP contribution is -2.31. The van der Waals surface area contributed by atoms with Gasteiger partial charge >= 0.3 is 0 Å². The number of carbonyl (C=O) groups excluding carboxylic acids is 1. The number of benzene rings is 1. The fraction of sp³-hybridized carbons (Fsp3) is 0.261. The van der Waals surface area contributed by atoms with Gasteiger partial charge in [-0.1, -0.05) is 36.4 Å². The fourth-order valence-corrected chi connectivity index (χ4v) is 3.50. The second-order valence-electron chi connectivity index (χ2n) is 6.73. The maximum absolute atomic E-state index is 12.4. The van der Waals surface area contributed by atoms with Crippen LogP contribution in [0.15, 0.2) is 73.1 Å². The molecule has 0 N–H and O–H groups in total. The van der Waals surface area contributed by atoms with E-state index in [1.807, 2.05) is 48.5 Å². The molecule has 0 atom stereocenters. The van der Waals surface area contributed by atoms with Crippen LogP contribution in [0.1, 0.15) is 35.4 Å². The van der Waals surface area contributed by atoms with Crippen LogP contribution < -0.4 is 0 Å². The van der Waals surface area contributed by atoms with Gasteiger partial charge in [-0.15, -0.1) is 0 Å². The molecule has 0 bridgehead atoms. The van der Waals surface area contributed by atoms with Crippen LogP contribution in [-0.4, -0.2) is 16.3 Å². The molecule has 0 radical (unpaired) electrons. The molecule has 0 aliphatic carbocycles. The quantitative estimate of drug-likeness (QED) is 0.566. The van der Waals surface area contributed by atoms with Crippen LogP contribution in [0, 0.1) is 6.92 Å². The molecule has 26 heavy (non-hydrogen) atoms. The Bertz CT molecular complexity index is 788. The molecule has 3 aromatic rings. The van der Waals surface area contributed by atoms with E-state index in [0.717, 1.165) is 54.5 Å². The summed E-state index contributed by atoms with van der Waals surface area (Å²) < 4.78 is 0. The molecule has 2 heterocycles. The van der Waals surface area contributed by atoms with E-state index in [1.165, 1.54) is 0 Å². The highest BCUT2D eigenvalue weighted by atomic mass is 16.1. The average Bonchev–Trinajstić information content (AvgIpc) is 2.71. The van der Waals surface area contributed by atoms with E-state index >= 15 is 0 Å². The number of carbonyl (C=O) groups is 1. The number of rotatable bonds is 8. The zero-order valence-corrected chi connectivity index (χ0v) is 15.1. The normalized spacial score (nSPS) is 11.3. The first kappa shape index (κ1) is 18.0. The molecule has 0 unspecified atom stereocenters. The molecule has 3 heteroatoms. The van der Waals surface area contributed by atoms with Crippen molar-refractivity contribution in [1.82, 2.24) is 9.97 Å². The van der Waals surface area contributed by atoms with Crippen LogP contribution in [0.3, 0.4) is 0 Å². The van der Waals surface area contributed by atoms with Crippen molar-refractivity contribution in [1.29, 1.82) is 0 Å². The summed E-state index contributed by atoms with van der Waals surface area (Å²) in [4.78, 5) is 21.2. The molecule has 3 rings (SSSR count). The summed E-state index contributed by atoms with van der Waals surface area (Å²) in [7, 11) is 0. The molecule has 0 fully saturated rings.